The lowest BCUT2D eigenvalue weighted by Gasteiger charge is -2.31. The Morgan fingerprint density at radius 3 is 2.36 bits per heavy atom. The SMILES string of the molecule is Cc1ccc(S(=O)(=O)n2cc3c(=O)n([C@@H](C(=O)OCc4ccccc4)C(C)(C)C)cc4c3c2NC=C4Cl)cc1. The van der Waals surface area contributed by atoms with Crippen molar-refractivity contribution in [3.05, 3.63) is 100 Å². The van der Waals surface area contributed by atoms with E-state index in [1.165, 1.54) is 35.3 Å². The van der Waals surface area contributed by atoms with E-state index in [1.54, 1.807) is 12.1 Å². The fraction of sp³-hybridized carbons (Fsp3) is 0.241. The van der Waals surface area contributed by atoms with E-state index in [2.05, 4.69) is 5.32 Å². The monoisotopic (exact) mass is 565 g/mol. The van der Waals surface area contributed by atoms with E-state index in [1.807, 2.05) is 58.0 Å². The summed E-state index contributed by atoms with van der Waals surface area (Å²) in [4.78, 5) is 27.4. The van der Waals surface area contributed by atoms with Crippen LogP contribution >= 0.6 is 11.6 Å². The van der Waals surface area contributed by atoms with E-state index in [0.717, 1.165) is 15.1 Å². The van der Waals surface area contributed by atoms with Gasteiger partial charge >= 0.3 is 5.97 Å². The molecular formula is C29H28ClN3O5S. The Morgan fingerprint density at radius 2 is 1.72 bits per heavy atom. The highest BCUT2D eigenvalue weighted by atomic mass is 35.5. The maximum atomic E-state index is 13.9. The summed E-state index contributed by atoms with van der Waals surface area (Å²) in [6.07, 6.45) is 4.26. The Kier molecular flexibility index (Phi) is 6.68. The van der Waals surface area contributed by atoms with Gasteiger partial charge in [-0.1, -0.05) is 80.4 Å². The normalized spacial score (nSPS) is 14.0. The zero-order valence-corrected chi connectivity index (χ0v) is 23.5. The third kappa shape index (κ3) is 4.77. The molecule has 1 aliphatic heterocycles. The number of halogens is 1. The number of esters is 1. The number of hydrogen-bond acceptors (Lipinski definition) is 6. The van der Waals surface area contributed by atoms with Crippen molar-refractivity contribution in [2.45, 2.75) is 45.2 Å². The first-order chi connectivity index (χ1) is 18.4. The van der Waals surface area contributed by atoms with Gasteiger partial charge in [-0.3, -0.25) is 9.36 Å². The van der Waals surface area contributed by atoms with E-state index in [9.17, 15) is 18.0 Å². The third-order valence-electron chi connectivity index (χ3n) is 6.69. The fourth-order valence-electron chi connectivity index (χ4n) is 4.74. The van der Waals surface area contributed by atoms with E-state index in [4.69, 9.17) is 16.3 Å². The number of benzene rings is 2. The van der Waals surface area contributed by atoms with E-state index < -0.39 is 33.0 Å². The standard InChI is InChI=1S/C29H28ClN3O5S/c1-18-10-12-20(13-11-18)39(36,37)33-16-22-24-21(23(30)14-31-26(24)33)15-32(27(22)34)25(29(2,3)4)28(35)38-17-19-8-6-5-7-9-19/h5-16,25,31H,17H2,1-4H3/t25-/m0/s1. The minimum Gasteiger partial charge on any atom is -0.459 e. The lowest BCUT2D eigenvalue weighted by atomic mass is 9.86. The van der Waals surface area contributed by atoms with Crippen molar-refractivity contribution in [2.75, 3.05) is 5.32 Å². The van der Waals surface area contributed by atoms with Crippen molar-refractivity contribution in [3.63, 3.8) is 0 Å². The Bertz CT molecular complexity index is 1780. The molecule has 0 aliphatic carbocycles. The molecule has 0 saturated heterocycles. The summed E-state index contributed by atoms with van der Waals surface area (Å²) in [6, 6.07) is 14.7. The number of anilines is 1. The Morgan fingerprint density at radius 1 is 1.05 bits per heavy atom. The Balaban J connectivity index is 1.66. The summed E-state index contributed by atoms with van der Waals surface area (Å²) in [5.74, 6) is -0.380. The topological polar surface area (TPSA) is 99.4 Å². The van der Waals surface area contributed by atoms with Gasteiger partial charge in [0.15, 0.2) is 0 Å². The molecule has 0 spiro atoms. The molecule has 0 amide bonds. The van der Waals surface area contributed by atoms with Gasteiger partial charge in [-0.15, -0.1) is 0 Å². The van der Waals surface area contributed by atoms with Crippen LogP contribution < -0.4 is 10.9 Å². The molecule has 2 aromatic heterocycles. The number of hydrogen-bond donors (Lipinski definition) is 1. The molecule has 1 atom stereocenters. The van der Waals surface area contributed by atoms with Crippen molar-refractivity contribution in [1.29, 1.82) is 0 Å². The van der Waals surface area contributed by atoms with Crippen molar-refractivity contribution in [2.24, 2.45) is 5.41 Å². The first-order valence-electron chi connectivity index (χ1n) is 12.3. The quantitative estimate of drug-likeness (QED) is 0.304. The molecular weight excluding hydrogens is 538 g/mol. The second-order valence-corrected chi connectivity index (χ2v) is 12.9. The Labute approximate surface area is 231 Å². The molecule has 202 valence electrons. The van der Waals surface area contributed by atoms with Crippen LogP contribution in [0.2, 0.25) is 0 Å². The molecule has 2 aromatic carbocycles. The van der Waals surface area contributed by atoms with Gasteiger partial charge in [0.25, 0.3) is 15.6 Å². The van der Waals surface area contributed by atoms with Crippen LogP contribution in [-0.2, 0) is 26.2 Å². The highest BCUT2D eigenvalue weighted by Crippen LogP contribution is 2.40. The molecule has 8 nitrogen and oxygen atoms in total. The van der Waals surface area contributed by atoms with Crippen molar-refractivity contribution < 1.29 is 17.9 Å². The van der Waals surface area contributed by atoms with Crippen LogP contribution in [0.1, 0.15) is 43.5 Å². The Hall–Kier alpha value is -3.82. The van der Waals surface area contributed by atoms with Crippen LogP contribution in [0.5, 0.6) is 0 Å². The summed E-state index contributed by atoms with van der Waals surface area (Å²) >= 11 is 6.54. The lowest BCUT2D eigenvalue weighted by Crippen LogP contribution is -2.39. The molecule has 4 aromatic rings. The number of nitrogens with zero attached hydrogens (tertiary/aromatic N) is 2. The second kappa shape index (κ2) is 9.73. The summed E-state index contributed by atoms with van der Waals surface area (Å²) in [5, 5.41) is 3.68. The maximum Gasteiger partial charge on any atom is 0.330 e. The van der Waals surface area contributed by atoms with E-state index in [0.29, 0.717) is 10.9 Å². The van der Waals surface area contributed by atoms with Crippen LogP contribution in [0.4, 0.5) is 5.82 Å². The van der Waals surface area contributed by atoms with Gasteiger partial charge in [-0.25, -0.2) is 17.2 Å². The minimum absolute atomic E-state index is 0.0516. The molecule has 39 heavy (non-hydrogen) atoms. The first kappa shape index (κ1) is 26.8. The molecule has 1 aliphatic rings. The van der Waals surface area contributed by atoms with Gasteiger partial charge in [0.05, 0.1) is 15.3 Å². The van der Waals surface area contributed by atoms with Crippen LogP contribution in [0.15, 0.2) is 82.9 Å². The second-order valence-electron chi connectivity index (χ2n) is 10.6. The predicted molar refractivity (Wildman–Crippen MR) is 152 cm³/mol. The van der Waals surface area contributed by atoms with Crippen molar-refractivity contribution >= 4 is 49.2 Å². The molecule has 0 saturated carbocycles. The number of carbonyl (C=O) groups is 1. The molecule has 0 bridgehead atoms. The van der Waals surface area contributed by atoms with E-state index in [-0.39, 0.29) is 27.7 Å². The lowest BCUT2D eigenvalue weighted by molar-refractivity contribution is -0.152. The molecule has 10 heteroatoms. The minimum atomic E-state index is -4.05. The first-order valence-corrected chi connectivity index (χ1v) is 14.2. The van der Waals surface area contributed by atoms with Crippen LogP contribution in [0.25, 0.3) is 15.8 Å². The van der Waals surface area contributed by atoms with Crippen molar-refractivity contribution in [3.8, 4) is 0 Å². The number of aromatic nitrogens is 2. The van der Waals surface area contributed by atoms with Gasteiger partial charge in [0, 0.05) is 29.5 Å². The van der Waals surface area contributed by atoms with Crippen LogP contribution in [0.3, 0.4) is 0 Å². The predicted octanol–water partition coefficient (Wildman–Crippen LogP) is 5.64. The van der Waals surface area contributed by atoms with Crippen LogP contribution in [-0.4, -0.2) is 22.9 Å². The number of pyridine rings is 1. The molecule has 5 rings (SSSR count). The zero-order valence-electron chi connectivity index (χ0n) is 21.9. The number of ether oxygens (including phenoxy) is 1. The fourth-order valence-corrected chi connectivity index (χ4v) is 6.28. The van der Waals surface area contributed by atoms with Gasteiger partial charge in [-0.2, -0.15) is 0 Å². The molecule has 0 unspecified atom stereocenters. The summed E-state index contributed by atoms with van der Waals surface area (Å²) in [6.45, 7) is 7.42. The number of nitrogens with one attached hydrogen (secondary N) is 1. The highest BCUT2D eigenvalue weighted by Gasteiger charge is 2.37. The van der Waals surface area contributed by atoms with Gasteiger partial charge < -0.3 is 10.1 Å². The van der Waals surface area contributed by atoms with Gasteiger partial charge in [0.2, 0.25) is 0 Å². The molecule has 1 N–H and O–H groups in total. The van der Waals surface area contributed by atoms with Gasteiger partial charge in [0.1, 0.15) is 18.5 Å². The summed E-state index contributed by atoms with van der Waals surface area (Å²) in [7, 11) is -4.05. The number of aryl methyl sites for hydroxylation is 1. The summed E-state index contributed by atoms with van der Waals surface area (Å²) < 4.78 is 35.2. The van der Waals surface area contributed by atoms with Gasteiger partial charge in [-0.05, 0) is 30.0 Å². The molecule has 0 radical (unpaired) electrons. The zero-order chi connectivity index (χ0) is 28.1. The van der Waals surface area contributed by atoms with Crippen molar-refractivity contribution in [1.82, 2.24) is 8.54 Å². The van der Waals surface area contributed by atoms with Crippen LogP contribution in [0, 0.1) is 12.3 Å². The molecule has 0 fully saturated rings. The maximum absolute atomic E-state index is 13.9. The summed E-state index contributed by atoms with van der Waals surface area (Å²) in [5.41, 5.74) is 0.913. The average Bonchev–Trinajstić information content (AvgIpc) is 3.29. The average molecular weight is 566 g/mol. The smallest absolute Gasteiger partial charge is 0.330 e. The largest absolute Gasteiger partial charge is 0.459 e. The molecule has 3 heterocycles. The third-order valence-corrected chi connectivity index (χ3v) is 8.68. The highest BCUT2D eigenvalue weighted by molar-refractivity contribution is 7.90. The van der Waals surface area contributed by atoms with E-state index >= 15 is 0 Å². The number of rotatable bonds is 6. The number of carbonyl (C=O) groups excluding carboxylic acids is 1.